The van der Waals surface area contributed by atoms with Crippen molar-refractivity contribution in [2.45, 2.75) is 13.8 Å². The van der Waals surface area contributed by atoms with Gasteiger partial charge in [0.25, 0.3) is 5.91 Å². The molecule has 0 aliphatic rings. The van der Waals surface area contributed by atoms with Crippen molar-refractivity contribution in [3.63, 3.8) is 0 Å². The lowest BCUT2D eigenvalue weighted by Crippen LogP contribution is -2.22. The van der Waals surface area contributed by atoms with Crippen molar-refractivity contribution in [1.29, 1.82) is 0 Å². The minimum Gasteiger partial charge on any atom is -0.267 e. The number of aromatic nitrogens is 1. The number of rotatable bonds is 4. The molecule has 1 N–H and O–H groups in total. The second kappa shape index (κ2) is 6.61. The Morgan fingerprint density at radius 3 is 2.30 bits per heavy atom. The quantitative estimate of drug-likeness (QED) is 0.684. The van der Waals surface area contributed by atoms with Crippen LogP contribution in [0.3, 0.4) is 0 Å². The Hall–Kier alpha value is -2.49. The summed E-state index contributed by atoms with van der Waals surface area (Å²) in [5.41, 5.74) is 5.01. The van der Waals surface area contributed by atoms with E-state index in [1.807, 2.05) is 44.2 Å². The fourth-order valence-electron chi connectivity index (χ4n) is 1.81. The maximum atomic E-state index is 12.0. The molecule has 102 valence electrons. The van der Waals surface area contributed by atoms with Gasteiger partial charge in [-0.05, 0) is 23.6 Å². The van der Waals surface area contributed by atoms with Crippen LogP contribution in [0.25, 0.3) is 0 Å². The predicted molar refractivity (Wildman–Crippen MR) is 79.5 cm³/mol. The van der Waals surface area contributed by atoms with Crippen molar-refractivity contribution in [3.05, 3.63) is 66.0 Å². The fraction of sp³-hybridized carbons (Fsp3) is 0.188. The zero-order valence-corrected chi connectivity index (χ0v) is 11.6. The summed E-state index contributed by atoms with van der Waals surface area (Å²) in [6.45, 7) is 4.09. The Morgan fingerprint density at radius 2 is 1.70 bits per heavy atom. The number of nitrogens with one attached hydrogen (secondary N) is 1. The molecule has 0 aliphatic heterocycles. The molecular formula is C16H17N3O. The van der Waals surface area contributed by atoms with E-state index in [0.717, 1.165) is 11.3 Å². The number of pyridine rings is 1. The van der Waals surface area contributed by atoms with Crippen LogP contribution in [-0.4, -0.2) is 16.6 Å². The number of carbonyl (C=O) groups is 1. The molecule has 0 aliphatic carbocycles. The third-order valence-corrected chi connectivity index (χ3v) is 2.84. The number of benzene rings is 1. The Balaban J connectivity index is 2.17. The molecule has 0 bridgehead atoms. The van der Waals surface area contributed by atoms with Crippen molar-refractivity contribution in [3.8, 4) is 0 Å². The SMILES string of the molecule is CC(C)C(=NNC(=O)c1ccncc1)c1ccccc1. The molecule has 0 saturated heterocycles. The van der Waals surface area contributed by atoms with Gasteiger partial charge in [0.05, 0.1) is 5.71 Å². The standard InChI is InChI=1S/C16H17N3O/c1-12(2)15(13-6-4-3-5-7-13)18-19-16(20)14-8-10-17-11-9-14/h3-12H,1-2H3,(H,19,20). The van der Waals surface area contributed by atoms with Gasteiger partial charge in [0.1, 0.15) is 0 Å². The van der Waals surface area contributed by atoms with E-state index in [2.05, 4.69) is 15.5 Å². The van der Waals surface area contributed by atoms with E-state index in [1.165, 1.54) is 0 Å². The smallest absolute Gasteiger partial charge is 0.267 e. The number of amides is 1. The Kier molecular flexibility index (Phi) is 4.60. The molecule has 20 heavy (non-hydrogen) atoms. The van der Waals surface area contributed by atoms with Gasteiger partial charge in [0.15, 0.2) is 0 Å². The molecule has 2 aromatic rings. The van der Waals surface area contributed by atoms with Gasteiger partial charge in [-0.1, -0.05) is 44.2 Å². The first-order valence-electron chi connectivity index (χ1n) is 6.52. The molecule has 1 aromatic carbocycles. The predicted octanol–water partition coefficient (Wildman–Crippen LogP) is 2.87. The van der Waals surface area contributed by atoms with Crippen molar-refractivity contribution in [2.75, 3.05) is 0 Å². The van der Waals surface area contributed by atoms with Gasteiger partial charge in [-0.15, -0.1) is 0 Å². The van der Waals surface area contributed by atoms with Crippen LogP contribution in [0.4, 0.5) is 0 Å². The summed E-state index contributed by atoms with van der Waals surface area (Å²) in [6.07, 6.45) is 3.17. The first kappa shape index (κ1) is 13.9. The van der Waals surface area contributed by atoms with Gasteiger partial charge in [-0.3, -0.25) is 9.78 Å². The lowest BCUT2D eigenvalue weighted by Gasteiger charge is -2.10. The molecule has 1 amide bonds. The van der Waals surface area contributed by atoms with Crippen LogP contribution in [0, 0.1) is 5.92 Å². The molecule has 0 fully saturated rings. The van der Waals surface area contributed by atoms with Gasteiger partial charge >= 0.3 is 0 Å². The maximum absolute atomic E-state index is 12.0. The van der Waals surface area contributed by atoms with Gasteiger partial charge < -0.3 is 0 Å². The molecule has 0 atom stereocenters. The Bertz CT molecular complexity index is 592. The summed E-state index contributed by atoms with van der Waals surface area (Å²) in [5.74, 6) is -0.0170. The Morgan fingerprint density at radius 1 is 1.05 bits per heavy atom. The van der Waals surface area contributed by atoms with Gasteiger partial charge in [-0.25, -0.2) is 5.43 Å². The monoisotopic (exact) mass is 267 g/mol. The minimum atomic E-state index is -0.235. The van der Waals surface area contributed by atoms with E-state index in [9.17, 15) is 4.79 Å². The number of nitrogens with zero attached hydrogens (tertiary/aromatic N) is 2. The number of hydrogen-bond acceptors (Lipinski definition) is 3. The minimum absolute atomic E-state index is 0.218. The maximum Gasteiger partial charge on any atom is 0.271 e. The van der Waals surface area contributed by atoms with E-state index < -0.39 is 0 Å². The van der Waals surface area contributed by atoms with Gasteiger partial charge in [-0.2, -0.15) is 5.10 Å². The summed E-state index contributed by atoms with van der Waals surface area (Å²) in [4.78, 5) is 15.8. The second-order valence-corrected chi connectivity index (χ2v) is 4.69. The first-order chi connectivity index (χ1) is 9.68. The number of hydrazone groups is 1. The molecule has 0 unspecified atom stereocenters. The highest BCUT2D eigenvalue weighted by Crippen LogP contribution is 2.09. The zero-order chi connectivity index (χ0) is 14.4. The lowest BCUT2D eigenvalue weighted by molar-refractivity contribution is 0.0954. The zero-order valence-electron chi connectivity index (χ0n) is 11.6. The normalized spacial score (nSPS) is 11.4. The van der Waals surface area contributed by atoms with E-state index in [-0.39, 0.29) is 11.8 Å². The second-order valence-electron chi connectivity index (χ2n) is 4.69. The van der Waals surface area contributed by atoms with Crippen LogP contribution in [0.5, 0.6) is 0 Å². The largest absolute Gasteiger partial charge is 0.271 e. The van der Waals surface area contributed by atoms with Crippen LogP contribution < -0.4 is 5.43 Å². The van der Waals surface area contributed by atoms with E-state index in [0.29, 0.717) is 5.56 Å². The molecule has 0 spiro atoms. The fourth-order valence-corrected chi connectivity index (χ4v) is 1.81. The van der Waals surface area contributed by atoms with Crippen LogP contribution in [0.1, 0.15) is 29.8 Å². The van der Waals surface area contributed by atoms with Crippen molar-refractivity contribution in [1.82, 2.24) is 10.4 Å². The molecule has 4 heteroatoms. The van der Waals surface area contributed by atoms with E-state index in [1.54, 1.807) is 24.5 Å². The molecule has 0 saturated carbocycles. The first-order valence-corrected chi connectivity index (χ1v) is 6.52. The molecule has 1 aromatic heterocycles. The summed E-state index contributed by atoms with van der Waals surface area (Å²) >= 11 is 0. The van der Waals surface area contributed by atoms with Crippen LogP contribution in [0.15, 0.2) is 60.0 Å². The van der Waals surface area contributed by atoms with Crippen LogP contribution >= 0.6 is 0 Å². The number of carbonyl (C=O) groups excluding carboxylic acids is 1. The van der Waals surface area contributed by atoms with Gasteiger partial charge in [0.2, 0.25) is 0 Å². The molecule has 2 rings (SSSR count). The molecule has 1 heterocycles. The lowest BCUT2D eigenvalue weighted by atomic mass is 10.0. The summed E-state index contributed by atoms with van der Waals surface area (Å²) in [7, 11) is 0. The highest BCUT2D eigenvalue weighted by atomic mass is 16.2. The average molecular weight is 267 g/mol. The number of hydrogen-bond donors (Lipinski definition) is 1. The molecule has 0 radical (unpaired) electrons. The molecular weight excluding hydrogens is 250 g/mol. The third-order valence-electron chi connectivity index (χ3n) is 2.84. The van der Waals surface area contributed by atoms with Crippen molar-refractivity contribution in [2.24, 2.45) is 11.0 Å². The van der Waals surface area contributed by atoms with Gasteiger partial charge in [0, 0.05) is 18.0 Å². The Labute approximate surface area is 118 Å². The average Bonchev–Trinajstić information content (AvgIpc) is 2.49. The van der Waals surface area contributed by atoms with Crippen molar-refractivity contribution < 1.29 is 4.79 Å². The van der Waals surface area contributed by atoms with Crippen LogP contribution in [-0.2, 0) is 0 Å². The summed E-state index contributed by atoms with van der Waals surface area (Å²) in [6, 6.07) is 13.1. The third kappa shape index (κ3) is 3.51. The highest BCUT2D eigenvalue weighted by Gasteiger charge is 2.10. The highest BCUT2D eigenvalue weighted by molar-refractivity contribution is 6.03. The van der Waals surface area contributed by atoms with E-state index >= 15 is 0 Å². The van der Waals surface area contributed by atoms with Crippen molar-refractivity contribution >= 4 is 11.6 Å². The van der Waals surface area contributed by atoms with E-state index in [4.69, 9.17) is 0 Å². The van der Waals surface area contributed by atoms with Crippen LogP contribution in [0.2, 0.25) is 0 Å². The topological polar surface area (TPSA) is 54.4 Å². The summed E-state index contributed by atoms with van der Waals surface area (Å²) < 4.78 is 0. The summed E-state index contributed by atoms with van der Waals surface area (Å²) in [5, 5.41) is 4.27. The molecule has 4 nitrogen and oxygen atoms in total.